The van der Waals surface area contributed by atoms with Gasteiger partial charge in [-0.1, -0.05) is 75.7 Å². The molecule has 0 aromatic heterocycles. The number of amides is 2. The summed E-state index contributed by atoms with van der Waals surface area (Å²) in [5.41, 5.74) is 6.35. The first kappa shape index (κ1) is 45.5. The molecule has 4 aromatic carbocycles. The predicted molar refractivity (Wildman–Crippen MR) is 231 cm³/mol. The summed E-state index contributed by atoms with van der Waals surface area (Å²) in [6.07, 6.45) is -4.68. The molecule has 2 aliphatic rings. The number of likely N-dealkylation sites (N-methyl/N-ethyl adjacent to an activating group) is 2. The number of rotatable bonds is 9. The number of hydrogen-bond donors (Lipinski definition) is 2. The number of fused-ring (bicyclic) bond motifs is 2. The highest BCUT2D eigenvalue weighted by atomic mass is 79.9. The molecule has 0 saturated carbocycles. The molecule has 0 radical (unpaired) electrons. The second-order valence-corrected chi connectivity index (χ2v) is 17.8. The Hall–Kier alpha value is -4.59. The van der Waals surface area contributed by atoms with E-state index in [1.54, 1.807) is 20.1 Å². The molecule has 0 saturated heterocycles. The van der Waals surface area contributed by atoms with Gasteiger partial charge in [-0.15, -0.1) is 0 Å². The molecule has 0 bridgehead atoms. The number of nitrogens with one attached hydrogen (secondary N) is 2. The van der Waals surface area contributed by atoms with Gasteiger partial charge in [0.15, 0.2) is 0 Å². The minimum atomic E-state index is -4.68. The fraction of sp³-hybridized carbons (Fsp3) is 0.435. The van der Waals surface area contributed by atoms with Crippen molar-refractivity contribution < 1.29 is 37.0 Å². The molecular formula is C46H56BrF3N4O5. The van der Waals surface area contributed by atoms with Gasteiger partial charge in [0.25, 0.3) is 11.8 Å². The zero-order valence-corrected chi connectivity index (χ0v) is 37.4. The quantitative estimate of drug-likeness (QED) is 0.173. The summed E-state index contributed by atoms with van der Waals surface area (Å²) in [5.74, 6) is -0.281. The Kier molecular flexibility index (Phi) is 13.8. The Labute approximate surface area is 354 Å². The van der Waals surface area contributed by atoms with E-state index in [4.69, 9.17) is 14.2 Å². The molecule has 0 atom stereocenters. The number of hydrogen-bond acceptors (Lipinski definition) is 7. The zero-order valence-electron chi connectivity index (χ0n) is 35.8. The van der Waals surface area contributed by atoms with Gasteiger partial charge in [-0.2, -0.15) is 13.2 Å². The van der Waals surface area contributed by atoms with Crippen LogP contribution in [0.2, 0.25) is 0 Å². The van der Waals surface area contributed by atoms with Crippen molar-refractivity contribution in [3.05, 3.63) is 110 Å². The summed E-state index contributed by atoms with van der Waals surface area (Å²) in [6.45, 7) is 18.0. The number of carbonyl (C=O) groups excluding carboxylic acids is 2. The van der Waals surface area contributed by atoms with E-state index in [1.165, 1.54) is 18.2 Å². The maximum atomic E-state index is 13.6. The molecule has 2 amide bonds. The van der Waals surface area contributed by atoms with Crippen LogP contribution in [0.15, 0.2) is 65.1 Å². The Morgan fingerprint density at radius 1 is 0.797 bits per heavy atom. The fourth-order valence-corrected chi connectivity index (χ4v) is 9.26. The van der Waals surface area contributed by atoms with Crippen molar-refractivity contribution in [1.82, 2.24) is 9.80 Å². The van der Waals surface area contributed by atoms with E-state index in [2.05, 4.69) is 97.1 Å². The maximum absolute atomic E-state index is 13.6. The summed E-state index contributed by atoms with van der Waals surface area (Å²) in [6, 6.07) is 17.5. The standard InChI is InChI=1S/C23H29BrN2O2.C23H27F3N2O3/c1-14(2)17-11-21(28-6)18(10-20(17)24)22(27)25-16-7-8-19-15(9-16)12-26(5)13-23(19,3)4;1-6-31-19-11-18(30-5)15(10-16(19)23(24,25)26)21(29)27-17-9-7-8-14-12-28(4)13-22(2,3)20(14)17/h7-11,14H,12-13H2,1-6H3,(H,25,27);7-11H,6,12-13H2,1-5H3,(H,27,29). The summed E-state index contributed by atoms with van der Waals surface area (Å²) < 4.78 is 57.5. The lowest BCUT2D eigenvalue weighted by Crippen LogP contribution is -2.40. The lowest BCUT2D eigenvalue weighted by atomic mass is 9.77. The van der Waals surface area contributed by atoms with E-state index < -0.39 is 17.6 Å². The van der Waals surface area contributed by atoms with Crippen LogP contribution in [0, 0.1) is 0 Å². The molecule has 318 valence electrons. The predicted octanol–water partition coefficient (Wildman–Crippen LogP) is 10.6. The number of ether oxygens (including phenoxy) is 3. The van der Waals surface area contributed by atoms with Crippen LogP contribution in [-0.2, 0) is 30.1 Å². The van der Waals surface area contributed by atoms with Crippen molar-refractivity contribution in [2.75, 3.05) is 58.6 Å². The van der Waals surface area contributed by atoms with Gasteiger partial charge in [0.05, 0.1) is 37.5 Å². The van der Waals surface area contributed by atoms with Crippen LogP contribution >= 0.6 is 15.9 Å². The molecule has 2 aliphatic heterocycles. The fourth-order valence-electron chi connectivity index (χ4n) is 8.45. The number of methoxy groups -OCH3 is 2. The molecule has 0 spiro atoms. The summed E-state index contributed by atoms with van der Waals surface area (Å²) >= 11 is 3.59. The number of halogens is 4. The average Bonchev–Trinajstić information content (AvgIpc) is 3.13. The van der Waals surface area contributed by atoms with Gasteiger partial charge >= 0.3 is 6.18 Å². The maximum Gasteiger partial charge on any atom is 0.419 e. The third-order valence-electron chi connectivity index (χ3n) is 10.7. The van der Waals surface area contributed by atoms with Crippen molar-refractivity contribution in [2.45, 2.75) is 84.5 Å². The Bertz CT molecular complexity index is 2200. The van der Waals surface area contributed by atoms with E-state index >= 15 is 0 Å². The molecule has 6 rings (SSSR count). The minimum absolute atomic E-state index is 0.0118. The molecule has 59 heavy (non-hydrogen) atoms. The van der Waals surface area contributed by atoms with Crippen molar-refractivity contribution in [1.29, 1.82) is 0 Å². The number of anilines is 2. The van der Waals surface area contributed by atoms with Crippen LogP contribution < -0.4 is 24.8 Å². The molecule has 4 aromatic rings. The largest absolute Gasteiger partial charge is 0.496 e. The second-order valence-electron chi connectivity index (χ2n) is 16.9. The summed E-state index contributed by atoms with van der Waals surface area (Å²) in [7, 11) is 7.06. The van der Waals surface area contributed by atoms with Crippen molar-refractivity contribution in [3.63, 3.8) is 0 Å². The van der Waals surface area contributed by atoms with E-state index in [0.717, 1.165) is 65.2 Å². The monoisotopic (exact) mass is 880 g/mol. The van der Waals surface area contributed by atoms with Crippen LogP contribution in [0.1, 0.15) is 108 Å². The number of carbonyl (C=O) groups is 2. The SMILES string of the molecule is CCOc1cc(OC)c(C(=O)Nc2cccc3c2C(C)(C)CN(C)C3)cc1C(F)(F)F.COc1cc(C(C)C)c(Br)cc1C(=O)Nc1ccc2c(c1)CN(C)CC2(C)C. The lowest BCUT2D eigenvalue weighted by Gasteiger charge is -2.39. The van der Waals surface area contributed by atoms with Crippen LogP contribution in [0.5, 0.6) is 17.2 Å². The molecule has 2 heterocycles. The van der Waals surface area contributed by atoms with E-state index in [0.29, 0.717) is 22.9 Å². The van der Waals surface area contributed by atoms with Crippen molar-refractivity contribution in [2.24, 2.45) is 0 Å². The highest BCUT2D eigenvalue weighted by molar-refractivity contribution is 9.10. The molecular weight excluding hydrogens is 825 g/mol. The van der Waals surface area contributed by atoms with Crippen LogP contribution in [-0.4, -0.2) is 69.6 Å². The van der Waals surface area contributed by atoms with Crippen LogP contribution in [0.3, 0.4) is 0 Å². The molecule has 9 nitrogen and oxygen atoms in total. The highest BCUT2D eigenvalue weighted by Gasteiger charge is 2.38. The minimum Gasteiger partial charge on any atom is -0.496 e. The molecule has 0 unspecified atom stereocenters. The molecule has 0 aliphatic carbocycles. The van der Waals surface area contributed by atoms with Gasteiger partial charge in [-0.05, 0) is 91.2 Å². The van der Waals surface area contributed by atoms with Crippen molar-refractivity contribution >= 4 is 39.1 Å². The first-order valence-corrected chi connectivity index (χ1v) is 20.4. The average molecular weight is 882 g/mol. The van der Waals surface area contributed by atoms with Crippen molar-refractivity contribution in [3.8, 4) is 17.2 Å². The third-order valence-corrected chi connectivity index (χ3v) is 11.4. The Morgan fingerprint density at radius 2 is 1.39 bits per heavy atom. The second kappa shape index (κ2) is 17.9. The van der Waals surface area contributed by atoms with Gasteiger partial charge in [0.1, 0.15) is 17.2 Å². The molecule has 2 N–H and O–H groups in total. The zero-order chi connectivity index (χ0) is 43.6. The van der Waals surface area contributed by atoms with Crippen LogP contribution in [0.4, 0.5) is 24.5 Å². The van der Waals surface area contributed by atoms with E-state index in [-0.39, 0.29) is 40.4 Å². The molecule has 0 fully saturated rings. The first-order chi connectivity index (χ1) is 27.6. The third kappa shape index (κ3) is 10.2. The number of nitrogens with zero attached hydrogens (tertiary/aromatic N) is 2. The van der Waals surface area contributed by atoms with Gasteiger partial charge in [-0.3, -0.25) is 9.59 Å². The van der Waals surface area contributed by atoms with Gasteiger partial charge in [-0.25, -0.2) is 0 Å². The number of alkyl halides is 3. The summed E-state index contributed by atoms with van der Waals surface area (Å²) in [4.78, 5) is 30.6. The van der Waals surface area contributed by atoms with Gasteiger partial charge in [0, 0.05) is 58.9 Å². The van der Waals surface area contributed by atoms with E-state index in [9.17, 15) is 22.8 Å². The summed E-state index contributed by atoms with van der Waals surface area (Å²) in [5, 5.41) is 5.86. The smallest absolute Gasteiger partial charge is 0.419 e. The van der Waals surface area contributed by atoms with Gasteiger partial charge in [0.2, 0.25) is 0 Å². The topological polar surface area (TPSA) is 92.4 Å². The Morgan fingerprint density at radius 3 is 2.00 bits per heavy atom. The Balaban J connectivity index is 0.000000225. The first-order valence-electron chi connectivity index (χ1n) is 19.6. The van der Waals surface area contributed by atoms with Crippen LogP contribution in [0.25, 0.3) is 0 Å². The van der Waals surface area contributed by atoms with E-state index in [1.807, 2.05) is 37.4 Å². The number of benzene rings is 4. The lowest BCUT2D eigenvalue weighted by molar-refractivity contribution is -0.138. The van der Waals surface area contributed by atoms with Gasteiger partial charge < -0.3 is 34.6 Å². The normalized spacial score (nSPS) is 15.9. The molecule has 13 heteroatoms. The highest BCUT2D eigenvalue weighted by Crippen LogP contribution is 2.42.